The minimum atomic E-state index is -0.534. The highest BCUT2D eigenvalue weighted by molar-refractivity contribution is 8.27. The molecule has 38 heavy (non-hydrogen) atoms. The van der Waals surface area contributed by atoms with E-state index in [0.29, 0.717) is 40.5 Å². The Balaban J connectivity index is 1.24. The molecule has 0 aliphatic carbocycles. The molecule has 2 aromatic rings. The number of thioether (sulfide) groups is 1. The average Bonchev–Trinajstić information content (AvgIpc) is 3.61. The van der Waals surface area contributed by atoms with Gasteiger partial charge < -0.3 is 19.1 Å². The van der Waals surface area contributed by atoms with Crippen molar-refractivity contribution in [3.05, 3.63) is 59.7 Å². The van der Waals surface area contributed by atoms with E-state index in [0.717, 1.165) is 43.4 Å². The Kier molecular flexibility index (Phi) is 7.73. The van der Waals surface area contributed by atoms with Crippen LogP contribution in [0.4, 0.5) is 0 Å². The number of benzene rings is 2. The van der Waals surface area contributed by atoms with E-state index in [2.05, 4.69) is 10.1 Å². The number of aliphatic imine (C=N–C) groups is 1. The molecule has 196 valence electrons. The number of carbonyl (C=O) groups is 2. The summed E-state index contributed by atoms with van der Waals surface area (Å²) in [6, 6.07) is 14.7. The van der Waals surface area contributed by atoms with E-state index in [4.69, 9.17) is 19.6 Å². The SMILES string of the molecule is COc1cc(C=C2C(=N)N3N=C(CC(=O)N4CCCC4)SC3=NC2=O)ccc1OCCOc1ccccc1. The number of ether oxygens (including phenoxy) is 3. The number of amidine groups is 2. The maximum Gasteiger partial charge on any atom is 0.283 e. The largest absolute Gasteiger partial charge is 0.493 e. The van der Waals surface area contributed by atoms with Crippen LogP contribution >= 0.6 is 11.8 Å². The maximum absolute atomic E-state index is 12.8. The molecular weight excluding hydrogens is 506 g/mol. The zero-order chi connectivity index (χ0) is 26.5. The molecule has 11 heteroatoms. The fourth-order valence-corrected chi connectivity index (χ4v) is 5.07. The number of methoxy groups -OCH3 is 1. The average molecular weight is 534 g/mol. The first kappa shape index (κ1) is 25.5. The molecule has 0 bridgehead atoms. The number of likely N-dealkylation sites (tertiary alicyclic amines) is 1. The molecule has 3 heterocycles. The van der Waals surface area contributed by atoms with Crippen LogP contribution in [0.15, 0.2) is 64.2 Å². The van der Waals surface area contributed by atoms with E-state index in [9.17, 15) is 9.59 Å². The number of carbonyl (C=O) groups excluding carboxylic acids is 2. The normalized spacial score (nSPS) is 17.9. The number of rotatable bonds is 9. The van der Waals surface area contributed by atoms with E-state index < -0.39 is 5.91 Å². The molecule has 0 spiro atoms. The summed E-state index contributed by atoms with van der Waals surface area (Å²) in [6.45, 7) is 2.21. The van der Waals surface area contributed by atoms with Crippen LogP contribution < -0.4 is 14.2 Å². The van der Waals surface area contributed by atoms with Gasteiger partial charge in [0.2, 0.25) is 11.1 Å². The van der Waals surface area contributed by atoms with E-state index in [1.165, 1.54) is 12.1 Å². The number of nitrogens with one attached hydrogen (secondary N) is 1. The molecule has 1 N–H and O–H groups in total. The standard InChI is InChI=1S/C27H27N5O5S/c1-35-22-16-18(9-10-21(22)37-14-13-36-19-7-3-2-4-8-19)15-20-25(28)32-27(29-26(20)34)38-23(30-32)17-24(33)31-11-5-6-12-31/h2-4,7-10,15-16,28H,5-6,11-14,17H2,1H3. The van der Waals surface area contributed by atoms with Gasteiger partial charge in [-0.25, -0.2) is 0 Å². The van der Waals surface area contributed by atoms with Gasteiger partial charge in [-0.3, -0.25) is 15.0 Å². The molecular formula is C27H27N5O5S. The third kappa shape index (κ3) is 5.72. The second kappa shape index (κ2) is 11.5. The summed E-state index contributed by atoms with van der Waals surface area (Å²) in [5.41, 5.74) is 0.735. The highest BCUT2D eigenvalue weighted by atomic mass is 32.2. The molecule has 0 unspecified atom stereocenters. The summed E-state index contributed by atoms with van der Waals surface area (Å²) in [7, 11) is 1.53. The van der Waals surface area contributed by atoms with Gasteiger partial charge in [-0.15, -0.1) is 0 Å². The van der Waals surface area contributed by atoms with Gasteiger partial charge in [-0.05, 0) is 60.5 Å². The number of para-hydroxylation sites is 1. The van der Waals surface area contributed by atoms with Crippen molar-refractivity contribution in [1.29, 1.82) is 5.41 Å². The smallest absolute Gasteiger partial charge is 0.283 e. The van der Waals surface area contributed by atoms with Crippen LogP contribution in [0.3, 0.4) is 0 Å². The van der Waals surface area contributed by atoms with Gasteiger partial charge >= 0.3 is 0 Å². The van der Waals surface area contributed by atoms with Crippen molar-refractivity contribution in [2.45, 2.75) is 19.3 Å². The first-order valence-corrected chi connectivity index (χ1v) is 13.1. The highest BCUT2D eigenvalue weighted by Gasteiger charge is 2.36. The van der Waals surface area contributed by atoms with Crippen LogP contribution in [0.25, 0.3) is 6.08 Å². The topological polar surface area (TPSA) is 117 Å². The molecule has 3 aliphatic heterocycles. The Hall–Kier alpha value is -4.12. The molecule has 2 aromatic carbocycles. The Bertz CT molecular complexity index is 1330. The molecule has 10 nitrogen and oxygen atoms in total. The monoisotopic (exact) mass is 533 g/mol. The Morgan fingerprint density at radius 3 is 2.61 bits per heavy atom. The summed E-state index contributed by atoms with van der Waals surface area (Å²) >= 11 is 1.16. The molecule has 0 saturated carbocycles. The molecule has 2 amide bonds. The lowest BCUT2D eigenvalue weighted by Crippen LogP contribution is -2.35. The van der Waals surface area contributed by atoms with Crippen molar-refractivity contribution in [1.82, 2.24) is 9.91 Å². The molecule has 0 radical (unpaired) electrons. The number of hydrogen-bond donors (Lipinski definition) is 1. The number of amides is 2. The van der Waals surface area contributed by atoms with E-state index in [-0.39, 0.29) is 23.7 Å². The van der Waals surface area contributed by atoms with Crippen LogP contribution in [0.2, 0.25) is 0 Å². The van der Waals surface area contributed by atoms with Gasteiger partial charge in [0.15, 0.2) is 17.3 Å². The molecule has 0 atom stereocenters. The lowest BCUT2D eigenvalue weighted by Gasteiger charge is -2.20. The van der Waals surface area contributed by atoms with Crippen LogP contribution in [0.1, 0.15) is 24.8 Å². The fourth-order valence-electron chi connectivity index (χ4n) is 4.20. The lowest BCUT2D eigenvalue weighted by molar-refractivity contribution is -0.128. The van der Waals surface area contributed by atoms with Gasteiger partial charge in [0.05, 0.1) is 19.1 Å². The van der Waals surface area contributed by atoms with Crippen molar-refractivity contribution in [2.75, 3.05) is 33.4 Å². The minimum absolute atomic E-state index is 0.00357. The summed E-state index contributed by atoms with van der Waals surface area (Å²) in [5.74, 6) is 1.16. The van der Waals surface area contributed by atoms with Gasteiger partial charge in [0, 0.05) is 13.1 Å². The van der Waals surface area contributed by atoms with Crippen molar-refractivity contribution >= 4 is 45.7 Å². The predicted molar refractivity (Wildman–Crippen MR) is 146 cm³/mol. The summed E-state index contributed by atoms with van der Waals surface area (Å²) in [4.78, 5) is 31.2. The second-order valence-corrected chi connectivity index (χ2v) is 9.74. The first-order valence-electron chi connectivity index (χ1n) is 12.3. The van der Waals surface area contributed by atoms with E-state index in [1.807, 2.05) is 35.2 Å². The summed E-state index contributed by atoms with van der Waals surface area (Å²) in [6.07, 6.45) is 3.73. The maximum atomic E-state index is 12.8. The third-order valence-electron chi connectivity index (χ3n) is 6.11. The van der Waals surface area contributed by atoms with Crippen LogP contribution in [0.5, 0.6) is 17.2 Å². The zero-order valence-electron chi connectivity index (χ0n) is 20.9. The van der Waals surface area contributed by atoms with Crippen molar-refractivity contribution < 1.29 is 23.8 Å². The minimum Gasteiger partial charge on any atom is -0.493 e. The van der Waals surface area contributed by atoms with Crippen molar-refractivity contribution in [3.63, 3.8) is 0 Å². The molecule has 0 aromatic heterocycles. The number of hydrazone groups is 1. The Labute approximate surface area is 224 Å². The van der Waals surface area contributed by atoms with Crippen molar-refractivity contribution in [3.8, 4) is 17.2 Å². The highest BCUT2D eigenvalue weighted by Crippen LogP contribution is 2.32. The molecule has 3 aliphatic rings. The van der Waals surface area contributed by atoms with Crippen LogP contribution in [0, 0.1) is 5.41 Å². The summed E-state index contributed by atoms with van der Waals surface area (Å²) in [5, 5.41) is 15.1. The quantitative estimate of drug-likeness (QED) is 0.385. The fraction of sp³-hybridized carbons (Fsp3) is 0.296. The molecule has 1 saturated heterocycles. The van der Waals surface area contributed by atoms with Gasteiger partial charge in [-0.2, -0.15) is 15.1 Å². The number of fused-ring (bicyclic) bond motifs is 1. The third-order valence-corrected chi connectivity index (χ3v) is 7.02. The van der Waals surface area contributed by atoms with Crippen LogP contribution in [-0.4, -0.2) is 71.2 Å². The predicted octanol–water partition coefficient (Wildman–Crippen LogP) is 3.78. The van der Waals surface area contributed by atoms with Gasteiger partial charge in [0.25, 0.3) is 5.91 Å². The lowest BCUT2D eigenvalue weighted by atomic mass is 10.1. The number of hydrogen-bond acceptors (Lipinski definition) is 8. The zero-order valence-corrected chi connectivity index (χ0v) is 21.7. The molecule has 1 fully saturated rings. The van der Waals surface area contributed by atoms with Gasteiger partial charge in [-0.1, -0.05) is 24.3 Å². The second-order valence-electron chi connectivity index (χ2n) is 8.70. The number of nitrogens with zero attached hydrogens (tertiary/aromatic N) is 4. The van der Waals surface area contributed by atoms with Crippen molar-refractivity contribution in [2.24, 2.45) is 10.1 Å². The van der Waals surface area contributed by atoms with Crippen LogP contribution in [-0.2, 0) is 9.59 Å². The first-order chi connectivity index (χ1) is 18.5. The Morgan fingerprint density at radius 2 is 1.84 bits per heavy atom. The van der Waals surface area contributed by atoms with E-state index >= 15 is 0 Å². The Morgan fingerprint density at radius 1 is 1.08 bits per heavy atom. The molecule has 5 rings (SSSR count). The van der Waals surface area contributed by atoms with Gasteiger partial charge in [0.1, 0.15) is 24.0 Å². The van der Waals surface area contributed by atoms with E-state index in [1.54, 1.807) is 24.3 Å². The summed E-state index contributed by atoms with van der Waals surface area (Å²) < 4.78 is 16.9.